The normalized spacial score (nSPS) is 32.5. The molecule has 0 spiro atoms. The summed E-state index contributed by atoms with van der Waals surface area (Å²) in [6, 6.07) is 0. The van der Waals surface area contributed by atoms with E-state index in [0.717, 1.165) is 0 Å². The van der Waals surface area contributed by atoms with Crippen LogP contribution in [0.5, 0.6) is 0 Å². The van der Waals surface area contributed by atoms with E-state index < -0.39 is 60.1 Å². The fourth-order valence-electron chi connectivity index (χ4n) is 1.88. The molecule has 13 nitrogen and oxygen atoms in total. The standard InChI is InChI=1S/C8H20NO12P3/c10-3-22(13,14)19-6-1-9-2-7(20-23(15,16)4-11)8(6)21-24(17,18)5-12/h6-12H,1-5H2,(H,13,14)(H,15,16)(H,17,18)/t6-,7-/m1/s1. The summed E-state index contributed by atoms with van der Waals surface area (Å²) in [6.45, 7) is -0.370. The van der Waals surface area contributed by atoms with E-state index in [0.29, 0.717) is 0 Å². The second-order valence-electron chi connectivity index (χ2n) is 4.85. The zero-order valence-corrected chi connectivity index (χ0v) is 14.9. The molecule has 1 aliphatic rings. The quantitative estimate of drug-likeness (QED) is 0.206. The van der Waals surface area contributed by atoms with E-state index in [1.165, 1.54) is 0 Å². The summed E-state index contributed by atoms with van der Waals surface area (Å²) in [5, 5.41) is 29.0. The van der Waals surface area contributed by atoms with Crippen molar-refractivity contribution in [3.05, 3.63) is 0 Å². The van der Waals surface area contributed by atoms with Crippen molar-refractivity contribution in [3.8, 4) is 0 Å². The molecule has 0 aromatic carbocycles. The molecule has 0 bridgehead atoms. The average molecular weight is 415 g/mol. The summed E-state index contributed by atoms with van der Waals surface area (Å²) in [7, 11) is -13.5. The topological polar surface area (TPSA) is 212 Å². The van der Waals surface area contributed by atoms with E-state index in [1.807, 2.05) is 0 Å². The van der Waals surface area contributed by atoms with Gasteiger partial charge in [-0.3, -0.25) is 27.3 Å². The number of piperidine rings is 1. The number of nitrogens with one attached hydrogen (secondary N) is 1. The minimum atomic E-state index is -4.56. The first-order valence-corrected chi connectivity index (χ1v) is 11.8. The van der Waals surface area contributed by atoms with Gasteiger partial charge in [-0.25, -0.2) is 0 Å². The number of rotatable bonds is 9. The van der Waals surface area contributed by atoms with E-state index in [2.05, 4.69) is 5.32 Å². The Morgan fingerprint density at radius 3 is 1.42 bits per heavy atom. The van der Waals surface area contributed by atoms with Crippen molar-refractivity contribution >= 4 is 22.8 Å². The lowest BCUT2D eigenvalue weighted by atomic mass is 10.0. The highest BCUT2D eigenvalue weighted by molar-refractivity contribution is 7.53. The maximum absolute atomic E-state index is 11.6. The third kappa shape index (κ3) is 6.89. The zero-order valence-electron chi connectivity index (χ0n) is 12.2. The summed E-state index contributed by atoms with van der Waals surface area (Å²) in [5.41, 5.74) is 0. The first-order chi connectivity index (χ1) is 11.0. The monoisotopic (exact) mass is 415 g/mol. The van der Waals surface area contributed by atoms with Gasteiger partial charge in [-0.05, 0) is 0 Å². The summed E-state index contributed by atoms with van der Waals surface area (Å²) in [5.74, 6) is 0. The van der Waals surface area contributed by atoms with Gasteiger partial charge in [0.15, 0.2) is 0 Å². The average Bonchev–Trinajstić information content (AvgIpc) is 2.50. The molecule has 0 aromatic rings. The number of hydrogen-bond acceptors (Lipinski definition) is 10. The Kier molecular flexibility index (Phi) is 8.18. The third-order valence-electron chi connectivity index (χ3n) is 2.85. The molecule has 0 amide bonds. The summed E-state index contributed by atoms with van der Waals surface area (Å²) in [4.78, 5) is 28.1. The Bertz CT molecular complexity index is 522. The molecule has 0 aromatic heterocycles. The molecule has 5 atom stereocenters. The van der Waals surface area contributed by atoms with Gasteiger partial charge in [-0.15, -0.1) is 0 Å². The molecule has 1 aliphatic heterocycles. The first kappa shape index (κ1) is 22.3. The smallest absolute Gasteiger partial charge is 0.353 e. The van der Waals surface area contributed by atoms with Crippen molar-refractivity contribution in [2.24, 2.45) is 0 Å². The van der Waals surface area contributed by atoms with Crippen LogP contribution in [0.2, 0.25) is 0 Å². The molecule has 0 radical (unpaired) electrons. The molecule has 144 valence electrons. The number of aliphatic hydroxyl groups is 3. The fourth-order valence-corrected chi connectivity index (χ4v) is 3.97. The molecule has 1 saturated heterocycles. The summed E-state index contributed by atoms with van der Waals surface area (Å²) < 4.78 is 48.9. The minimum Gasteiger partial charge on any atom is -0.384 e. The Morgan fingerprint density at radius 1 is 0.750 bits per heavy atom. The van der Waals surface area contributed by atoms with Gasteiger partial charge in [0.1, 0.15) is 37.4 Å². The van der Waals surface area contributed by atoms with Crippen LogP contribution in [0, 0.1) is 0 Å². The molecule has 0 saturated carbocycles. The molecular formula is C8H20NO12P3. The van der Waals surface area contributed by atoms with E-state index in [-0.39, 0.29) is 13.1 Å². The molecule has 1 rings (SSSR count). The predicted octanol–water partition coefficient (Wildman–Crippen LogP) is -1.85. The van der Waals surface area contributed by atoms with Gasteiger partial charge in [-0.2, -0.15) is 0 Å². The fraction of sp³-hybridized carbons (Fsp3) is 1.00. The van der Waals surface area contributed by atoms with Crippen LogP contribution in [0.15, 0.2) is 0 Å². The van der Waals surface area contributed by atoms with Crippen LogP contribution < -0.4 is 5.32 Å². The maximum Gasteiger partial charge on any atom is 0.353 e. The molecular weight excluding hydrogens is 395 g/mol. The lowest BCUT2D eigenvalue weighted by molar-refractivity contribution is -0.0538. The first-order valence-electron chi connectivity index (χ1n) is 6.49. The Labute approximate surface area is 136 Å². The van der Waals surface area contributed by atoms with Crippen LogP contribution in [0.1, 0.15) is 0 Å². The van der Waals surface area contributed by atoms with Crippen LogP contribution in [0.4, 0.5) is 0 Å². The van der Waals surface area contributed by atoms with Crippen molar-refractivity contribution in [3.63, 3.8) is 0 Å². The molecule has 24 heavy (non-hydrogen) atoms. The SMILES string of the molecule is O=P(O)(CO)OC1[C@H](OP(=O)(O)CO)CNC[C@H]1OP(=O)(O)CO. The highest BCUT2D eigenvalue weighted by Crippen LogP contribution is 2.50. The van der Waals surface area contributed by atoms with Gasteiger partial charge in [0, 0.05) is 13.1 Å². The van der Waals surface area contributed by atoms with Gasteiger partial charge in [0.05, 0.1) is 0 Å². The van der Waals surface area contributed by atoms with Gasteiger partial charge in [-0.1, -0.05) is 0 Å². The van der Waals surface area contributed by atoms with Crippen molar-refractivity contribution in [1.29, 1.82) is 0 Å². The van der Waals surface area contributed by atoms with E-state index in [1.54, 1.807) is 0 Å². The van der Waals surface area contributed by atoms with Crippen molar-refractivity contribution < 1.29 is 57.3 Å². The zero-order chi connectivity index (χ0) is 18.6. The van der Waals surface area contributed by atoms with Crippen molar-refractivity contribution in [2.75, 3.05) is 32.1 Å². The third-order valence-corrected chi connectivity index (χ3v) is 5.69. The van der Waals surface area contributed by atoms with Gasteiger partial charge in [0.25, 0.3) is 0 Å². The van der Waals surface area contributed by atoms with Crippen molar-refractivity contribution in [1.82, 2.24) is 5.32 Å². The second kappa shape index (κ2) is 8.79. The summed E-state index contributed by atoms with van der Waals surface area (Å²) in [6.07, 6.45) is -8.26. The largest absolute Gasteiger partial charge is 0.384 e. The molecule has 1 heterocycles. The molecule has 0 aliphatic carbocycles. The van der Waals surface area contributed by atoms with E-state index in [9.17, 15) is 28.4 Å². The van der Waals surface area contributed by atoms with Gasteiger partial charge in [0.2, 0.25) is 0 Å². The predicted molar refractivity (Wildman–Crippen MR) is 78.2 cm³/mol. The molecule has 7 N–H and O–H groups in total. The number of hydrogen-bond donors (Lipinski definition) is 7. The Morgan fingerprint density at radius 2 is 1.08 bits per heavy atom. The van der Waals surface area contributed by atoms with Crippen LogP contribution >= 0.6 is 22.8 Å². The van der Waals surface area contributed by atoms with Gasteiger partial charge >= 0.3 is 22.8 Å². The van der Waals surface area contributed by atoms with Crippen LogP contribution in [-0.4, -0.2) is 80.4 Å². The molecule has 3 unspecified atom stereocenters. The van der Waals surface area contributed by atoms with Crippen molar-refractivity contribution in [2.45, 2.75) is 18.3 Å². The van der Waals surface area contributed by atoms with E-state index in [4.69, 9.17) is 28.9 Å². The summed E-state index contributed by atoms with van der Waals surface area (Å²) >= 11 is 0. The Balaban J connectivity index is 3.06. The second-order valence-corrected chi connectivity index (χ2v) is 10.2. The minimum absolute atomic E-state index is 0.185. The van der Waals surface area contributed by atoms with Crippen LogP contribution in [0.25, 0.3) is 0 Å². The van der Waals surface area contributed by atoms with Crippen LogP contribution in [0.3, 0.4) is 0 Å². The molecule has 1 fully saturated rings. The molecule has 16 heteroatoms. The maximum atomic E-state index is 11.6. The lowest BCUT2D eigenvalue weighted by Gasteiger charge is -2.38. The number of aliphatic hydroxyl groups excluding tert-OH is 3. The Hall–Kier alpha value is 0.290. The van der Waals surface area contributed by atoms with E-state index >= 15 is 0 Å². The lowest BCUT2D eigenvalue weighted by Crippen LogP contribution is -2.55. The highest BCUT2D eigenvalue weighted by atomic mass is 31.2. The van der Waals surface area contributed by atoms with Crippen LogP contribution in [-0.2, 0) is 27.3 Å². The highest BCUT2D eigenvalue weighted by Gasteiger charge is 2.45. The van der Waals surface area contributed by atoms with Gasteiger partial charge < -0.3 is 35.3 Å².